The maximum atomic E-state index is 12.7. The van der Waals surface area contributed by atoms with Crippen LogP contribution < -0.4 is 4.72 Å². The summed E-state index contributed by atoms with van der Waals surface area (Å²) in [4.78, 5) is 2.68. The van der Waals surface area contributed by atoms with Crippen LogP contribution in [0.25, 0.3) is 10.8 Å². The minimum absolute atomic E-state index is 0.0335. The van der Waals surface area contributed by atoms with Gasteiger partial charge in [0.25, 0.3) is 0 Å². The lowest BCUT2D eigenvalue weighted by atomic mass is 10.0. The number of aliphatic hydroxyl groups excluding tert-OH is 1. The smallest absolute Gasteiger partial charge is 0.241 e. The van der Waals surface area contributed by atoms with E-state index in [1.807, 2.05) is 24.3 Å². The Morgan fingerprint density at radius 1 is 1.19 bits per heavy atom. The standard InChI is InChI=1S/C21H30N2O3S/c1-16(2)20-10-6-13-23(20)14-12-18(24)15-22-27(25,26)21-11-5-8-17-7-3-4-9-19(17)21/h3-5,7-9,11,16,18,20,22,24H,6,10,12-15H2,1-2H3/t18-,20?/m1/s1. The summed E-state index contributed by atoms with van der Waals surface area (Å²) in [5, 5.41) is 11.9. The van der Waals surface area contributed by atoms with Crippen LogP contribution in [-0.4, -0.2) is 50.2 Å². The second kappa shape index (κ2) is 8.69. The van der Waals surface area contributed by atoms with Gasteiger partial charge in [-0.2, -0.15) is 0 Å². The number of hydrogen-bond donors (Lipinski definition) is 2. The normalized spacial score (nSPS) is 19.8. The average Bonchev–Trinajstić information content (AvgIpc) is 3.13. The first-order valence-electron chi connectivity index (χ1n) is 9.78. The number of nitrogens with one attached hydrogen (secondary N) is 1. The van der Waals surface area contributed by atoms with Gasteiger partial charge in [0, 0.05) is 24.5 Å². The fraction of sp³-hybridized carbons (Fsp3) is 0.524. The molecule has 6 heteroatoms. The van der Waals surface area contributed by atoms with Crippen LogP contribution in [0.3, 0.4) is 0 Å². The molecule has 1 fully saturated rings. The molecule has 0 radical (unpaired) electrons. The van der Waals surface area contributed by atoms with Crippen molar-refractivity contribution in [3.63, 3.8) is 0 Å². The van der Waals surface area contributed by atoms with Gasteiger partial charge in [-0.05, 0) is 43.2 Å². The Morgan fingerprint density at radius 3 is 2.70 bits per heavy atom. The monoisotopic (exact) mass is 390 g/mol. The third-order valence-corrected chi connectivity index (χ3v) is 6.96. The van der Waals surface area contributed by atoms with Crippen LogP contribution in [0.5, 0.6) is 0 Å². The summed E-state index contributed by atoms with van der Waals surface area (Å²) >= 11 is 0. The maximum absolute atomic E-state index is 12.7. The van der Waals surface area contributed by atoms with Gasteiger partial charge >= 0.3 is 0 Å². The molecule has 1 aliphatic heterocycles. The van der Waals surface area contributed by atoms with Crippen LogP contribution in [0.4, 0.5) is 0 Å². The topological polar surface area (TPSA) is 69.6 Å². The first kappa shape index (κ1) is 20.3. The van der Waals surface area contributed by atoms with E-state index in [0.29, 0.717) is 23.8 Å². The summed E-state index contributed by atoms with van der Waals surface area (Å²) in [6, 6.07) is 13.2. The fourth-order valence-electron chi connectivity index (χ4n) is 4.02. The zero-order valence-corrected chi connectivity index (χ0v) is 17.0. The van der Waals surface area contributed by atoms with E-state index < -0.39 is 16.1 Å². The quantitative estimate of drug-likeness (QED) is 0.727. The number of benzene rings is 2. The lowest BCUT2D eigenvalue weighted by molar-refractivity contribution is 0.130. The van der Waals surface area contributed by atoms with E-state index in [1.54, 1.807) is 18.2 Å². The molecule has 27 heavy (non-hydrogen) atoms. The van der Waals surface area contributed by atoms with Gasteiger partial charge in [0.2, 0.25) is 10.0 Å². The molecule has 0 aromatic heterocycles. The third kappa shape index (κ3) is 4.88. The van der Waals surface area contributed by atoms with Crippen LogP contribution in [0, 0.1) is 5.92 Å². The van der Waals surface area contributed by atoms with Crippen molar-refractivity contribution in [1.82, 2.24) is 9.62 Å². The minimum atomic E-state index is -3.67. The summed E-state index contributed by atoms with van der Waals surface area (Å²) in [5.74, 6) is 0.606. The minimum Gasteiger partial charge on any atom is -0.392 e. The van der Waals surface area contributed by atoms with Gasteiger partial charge in [-0.1, -0.05) is 50.2 Å². The molecule has 2 aromatic rings. The molecule has 2 atom stereocenters. The zero-order chi connectivity index (χ0) is 19.4. The number of hydrogen-bond acceptors (Lipinski definition) is 4. The van der Waals surface area contributed by atoms with Crippen LogP contribution in [-0.2, 0) is 10.0 Å². The van der Waals surface area contributed by atoms with E-state index in [-0.39, 0.29) is 11.4 Å². The number of aliphatic hydroxyl groups is 1. The fourth-order valence-corrected chi connectivity index (χ4v) is 5.32. The van der Waals surface area contributed by atoms with Crippen molar-refractivity contribution in [2.45, 2.75) is 50.2 Å². The molecule has 2 aromatic carbocycles. The van der Waals surface area contributed by atoms with Crippen LogP contribution in [0.2, 0.25) is 0 Å². The van der Waals surface area contributed by atoms with Gasteiger partial charge in [-0.3, -0.25) is 0 Å². The van der Waals surface area contributed by atoms with Crippen LogP contribution >= 0.6 is 0 Å². The molecule has 5 nitrogen and oxygen atoms in total. The van der Waals surface area contributed by atoms with Gasteiger partial charge in [-0.25, -0.2) is 13.1 Å². The highest BCUT2D eigenvalue weighted by Gasteiger charge is 2.27. The lowest BCUT2D eigenvalue weighted by Crippen LogP contribution is -2.38. The van der Waals surface area contributed by atoms with E-state index in [9.17, 15) is 13.5 Å². The second-order valence-corrected chi connectivity index (χ2v) is 9.50. The maximum Gasteiger partial charge on any atom is 0.241 e. The van der Waals surface area contributed by atoms with Gasteiger partial charge < -0.3 is 10.0 Å². The Hall–Kier alpha value is -1.47. The summed E-state index contributed by atoms with van der Waals surface area (Å²) < 4.78 is 28.0. The molecule has 0 bridgehead atoms. The predicted molar refractivity (Wildman–Crippen MR) is 109 cm³/mol. The first-order chi connectivity index (χ1) is 12.9. The SMILES string of the molecule is CC(C)C1CCCN1CC[C@@H](O)CNS(=O)(=O)c1cccc2ccccc12. The molecule has 1 heterocycles. The highest BCUT2D eigenvalue weighted by molar-refractivity contribution is 7.89. The molecule has 3 rings (SSSR count). The van der Waals surface area contributed by atoms with Crippen LogP contribution in [0.1, 0.15) is 33.1 Å². The number of nitrogens with zero attached hydrogens (tertiary/aromatic N) is 1. The summed E-state index contributed by atoms with van der Waals surface area (Å²) in [6.45, 7) is 6.37. The summed E-state index contributed by atoms with van der Waals surface area (Å²) in [5.41, 5.74) is 0. The number of fused-ring (bicyclic) bond motifs is 1. The first-order valence-corrected chi connectivity index (χ1v) is 11.3. The van der Waals surface area contributed by atoms with Crippen molar-refractivity contribution >= 4 is 20.8 Å². The predicted octanol–water partition coefficient (Wildman–Crippen LogP) is 2.99. The molecule has 1 saturated heterocycles. The Balaban J connectivity index is 1.58. The van der Waals surface area contributed by atoms with Crippen molar-refractivity contribution in [2.24, 2.45) is 5.92 Å². The second-order valence-electron chi connectivity index (χ2n) is 7.76. The average molecular weight is 391 g/mol. The van der Waals surface area contributed by atoms with E-state index in [4.69, 9.17) is 0 Å². The Kier molecular flexibility index (Phi) is 6.52. The van der Waals surface area contributed by atoms with Gasteiger partial charge in [0.1, 0.15) is 0 Å². The number of rotatable bonds is 8. The van der Waals surface area contributed by atoms with Crippen molar-refractivity contribution < 1.29 is 13.5 Å². The molecule has 1 aliphatic rings. The molecule has 0 aliphatic carbocycles. The lowest BCUT2D eigenvalue weighted by Gasteiger charge is -2.28. The molecule has 1 unspecified atom stereocenters. The third-order valence-electron chi connectivity index (χ3n) is 5.48. The Morgan fingerprint density at radius 2 is 1.93 bits per heavy atom. The van der Waals surface area contributed by atoms with E-state index in [0.717, 1.165) is 18.5 Å². The molecule has 0 spiro atoms. The number of sulfonamides is 1. The molecule has 0 saturated carbocycles. The molecule has 2 N–H and O–H groups in total. The van der Waals surface area contributed by atoms with Crippen molar-refractivity contribution in [3.05, 3.63) is 42.5 Å². The number of likely N-dealkylation sites (tertiary alicyclic amines) is 1. The van der Waals surface area contributed by atoms with E-state index in [2.05, 4.69) is 23.5 Å². The molecular weight excluding hydrogens is 360 g/mol. The largest absolute Gasteiger partial charge is 0.392 e. The molecule has 148 valence electrons. The highest BCUT2D eigenvalue weighted by Crippen LogP contribution is 2.24. The summed E-state index contributed by atoms with van der Waals surface area (Å²) in [7, 11) is -3.67. The van der Waals surface area contributed by atoms with Gasteiger partial charge in [-0.15, -0.1) is 0 Å². The van der Waals surface area contributed by atoms with Gasteiger partial charge in [0.15, 0.2) is 0 Å². The highest BCUT2D eigenvalue weighted by atomic mass is 32.2. The van der Waals surface area contributed by atoms with Crippen LogP contribution in [0.15, 0.2) is 47.4 Å². The van der Waals surface area contributed by atoms with E-state index in [1.165, 1.54) is 12.8 Å². The van der Waals surface area contributed by atoms with Crippen molar-refractivity contribution in [2.75, 3.05) is 19.6 Å². The Bertz CT molecular complexity index is 861. The van der Waals surface area contributed by atoms with Crippen molar-refractivity contribution in [3.8, 4) is 0 Å². The van der Waals surface area contributed by atoms with Gasteiger partial charge in [0.05, 0.1) is 11.0 Å². The Labute approximate surface area is 162 Å². The van der Waals surface area contributed by atoms with Crippen molar-refractivity contribution in [1.29, 1.82) is 0 Å². The van der Waals surface area contributed by atoms with E-state index >= 15 is 0 Å². The molecular formula is C21H30N2O3S. The summed E-state index contributed by atoms with van der Waals surface area (Å²) in [6.07, 6.45) is 2.29. The molecule has 0 amide bonds. The zero-order valence-electron chi connectivity index (χ0n) is 16.1.